The van der Waals surface area contributed by atoms with Gasteiger partial charge in [-0.3, -0.25) is 14.9 Å². The summed E-state index contributed by atoms with van der Waals surface area (Å²) in [5, 5.41) is 13.8. The second-order valence-electron chi connectivity index (χ2n) is 6.49. The van der Waals surface area contributed by atoms with Crippen molar-refractivity contribution in [2.24, 2.45) is 0 Å². The normalized spacial score (nSPS) is 14.8. The molecule has 0 spiro atoms. The molecule has 0 aromatic heterocycles. The number of carbonyl (C=O) groups excluding carboxylic acids is 2. The third-order valence-electron chi connectivity index (χ3n) is 4.32. The van der Waals surface area contributed by atoms with Gasteiger partial charge in [-0.05, 0) is 32.3 Å². The molecule has 0 radical (unpaired) electrons. The molecule has 8 nitrogen and oxygen atoms in total. The number of nitro groups is 1. The van der Waals surface area contributed by atoms with E-state index in [1.165, 1.54) is 12.1 Å². The Balaban J connectivity index is 2.09. The van der Waals surface area contributed by atoms with Crippen molar-refractivity contribution in [1.29, 1.82) is 0 Å². The second-order valence-corrected chi connectivity index (χ2v) is 6.49. The summed E-state index contributed by atoms with van der Waals surface area (Å²) in [4.78, 5) is 36.8. The van der Waals surface area contributed by atoms with Gasteiger partial charge < -0.3 is 15.0 Å². The molecule has 1 heterocycles. The van der Waals surface area contributed by atoms with E-state index in [9.17, 15) is 19.7 Å². The third kappa shape index (κ3) is 5.18. The maximum Gasteiger partial charge on any atom is 0.341 e. The topological polar surface area (TPSA) is 102 Å². The molecule has 142 valence electrons. The molecule has 0 saturated carbocycles. The number of esters is 1. The first kappa shape index (κ1) is 19.7. The molecule has 2 rings (SSSR count). The first-order valence-corrected chi connectivity index (χ1v) is 8.92. The van der Waals surface area contributed by atoms with Crippen LogP contribution in [0.4, 0.5) is 11.4 Å². The van der Waals surface area contributed by atoms with Crippen molar-refractivity contribution in [3.63, 3.8) is 0 Å². The lowest BCUT2D eigenvalue weighted by molar-refractivity contribution is -0.384. The highest BCUT2D eigenvalue weighted by Gasteiger charge is 2.24. The van der Waals surface area contributed by atoms with Crippen LogP contribution in [0.2, 0.25) is 0 Å². The first-order valence-electron chi connectivity index (χ1n) is 8.92. The quantitative estimate of drug-likeness (QED) is 0.433. The van der Waals surface area contributed by atoms with Crippen LogP contribution in [0.25, 0.3) is 0 Å². The molecule has 1 N–H and O–H groups in total. The molecule has 8 heteroatoms. The Hall–Kier alpha value is -2.64. The lowest BCUT2D eigenvalue weighted by atomic mass is 10.1. The van der Waals surface area contributed by atoms with Gasteiger partial charge in [0, 0.05) is 31.3 Å². The zero-order valence-electron chi connectivity index (χ0n) is 15.2. The predicted octanol–water partition coefficient (Wildman–Crippen LogP) is 2.66. The maximum absolute atomic E-state index is 12.5. The first-order chi connectivity index (χ1) is 12.4. The van der Waals surface area contributed by atoms with Gasteiger partial charge in [0.1, 0.15) is 0 Å². The summed E-state index contributed by atoms with van der Waals surface area (Å²) in [7, 11) is 0. The molecule has 1 fully saturated rings. The summed E-state index contributed by atoms with van der Waals surface area (Å²) in [5.41, 5.74) is 0.550. The number of hydrogen-bond donors (Lipinski definition) is 1. The molecule has 1 atom stereocenters. The lowest BCUT2D eigenvalue weighted by Gasteiger charge is -2.20. The summed E-state index contributed by atoms with van der Waals surface area (Å²) in [6.07, 6.45) is 3.78. The third-order valence-corrected chi connectivity index (χ3v) is 4.32. The van der Waals surface area contributed by atoms with Crippen molar-refractivity contribution in [2.75, 3.05) is 24.6 Å². The highest BCUT2D eigenvalue weighted by Crippen LogP contribution is 2.28. The van der Waals surface area contributed by atoms with Crippen LogP contribution in [0, 0.1) is 10.1 Å². The van der Waals surface area contributed by atoms with Crippen molar-refractivity contribution in [1.82, 2.24) is 5.32 Å². The molecular weight excluding hydrogens is 338 g/mol. The minimum absolute atomic E-state index is 0.00387. The summed E-state index contributed by atoms with van der Waals surface area (Å²) in [5.74, 6) is -1.11. The van der Waals surface area contributed by atoms with E-state index >= 15 is 0 Å². The number of rotatable bonds is 8. The zero-order chi connectivity index (χ0) is 19.1. The summed E-state index contributed by atoms with van der Waals surface area (Å²) in [6.45, 7) is 5.06. The molecule has 1 aliphatic rings. The number of hydrogen-bond acceptors (Lipinski definition) is 6. The van der Waals surface area contributed by atoms with Crippen LogP contribution in [-0.2, 0) is 9.53 Å². The molecule has 0 aliphatic carbocycles. The van der Waals surface area contributed by atoms with E-state index in [1.54, 1.807) is 6.07 Å². The van der Waals surface area contributed by atoms with Crippen molar-refractivity contribution >= 4 is 23.3 Å². The highest BCUT2D eigenvalue weighted by molar-refractivity contribution is 5.97. The number of non-ortho nitro benzene ring substituents is 1. The monoisotopic (exact) mass is 363 g/mol. The second kappa shape index (κ2) is 9.17. The fourth-order valence-corrected chi connectivity index (χ4v) is 3.07. The van der Waals surface area contributed by atoms with Crippen LogP contribution in [0.5, 0.6) is 0 Å². The molecule has 1 amide bonds. The van der Waals surface area contributed by atoms with Gasteiger partial charge in [0.05, 0.1) is 16.2 Å². The van der Waals surface area contributed by atoms with E-state index in [4.69, 9.17) is 4.74 Å². The van der Waals surface area contributed by atoms with Crippen LogP contribution in [0.3, 0.4) is 0 Å². The van der Waals surface area contributed by atoms with Crippen LogP contribution in [0.1, 0.15) is 49.9 Å². The molecule has 0 bridgehead atoms. The molecular formula is C18H25N3O5. The van der Waals surface area contributed by atoms with Gasteiger partial charge >= 0.3 is 5.97 Å². The van der Waals surface area contributed by atoms with Gasteiger partial charge in [0.15, 0.2) is 6.61 Å². The highest BCUT2D eigenvalue weighted by atomic mass is 16.6. The van der Waals surface area contributed by atoms with Gasteiger partial charge in [0.2, 0.25) is 0 Å². The van der Waals surface area contributed by atoms with Crippen LogP contribution < -0.4 is 10.2 Å². The minimum Gasteiger partial charge on any atom is -0.452 e. The molecule has 1 aliphatic heterocycles. The number of amides is 1. The van der Waals surface area contributed by atoms with E-state index in [0.29, 0.717) is 5.69 Å². The average molecular weight is 363 g/mol. The van der Waals surface area contributed by atoms with Gasteiger partial charge in [-0.15, -0.1) is 0 Å². The Labute approximate surface area is 152 Å². The van der Waals surface area contributed by atoms with E-state index in [-0.39, 0.29) is 23.2 Å². The smallest absolute Gasteiger partial charge is 0.341 e. The van der Waals surface area contributed by atoms with Crippen LogP contribution >= 0.6 is 0 Å². The van der Waals surface area contributed by atoms with Crippen molar-refractivity contribution in [3.8, 4) is 0 Å². The van der Waals surface area contributed by atoms with E-state index in [2.05, 4.69) is 5.32 Å². The fourth-order valence-electron chi connectivity index (χ4n) is 3.07. The average Bonchev–Trinajstić information content (AvgIpc) is 3.13. The number of nitrogens with one attached hydrogen (secondary N) is 1. The number of anilines is 1. The Kier molecular flexibility index (Phi) is 6.94. The molecule has 1 aromatic carbocycles. The number of carbonyl (C=O) groups is 2. The Bertz CT molecular complexity index is 671. The van der Waals surface area contributed by atoms with Crippen LogP contribution in [-0.4, -0.2) is 42.5 Å². The van der Waals surface area contributed by atoms with Gasteiger partial charge in [-0.2, -0.15) is 0 Å². The number of nitrogens with zero attached hydrogens (tertiary/aromatic N) is 2. The Morgan fingerprint density at radius 1 is 1.35 bits per heavy atom. The van der Waals surface area contributed by atoms with Gasteiger partial charge in [0.25, 0.3) is 11.6 Å². The number of benzene rings is 1. The Morgan fingerprint density at radius 3 is 2.65 bits per heavy atom. The molecule has 26 heavy (non-hydrogen) atoms. The van der Waals surface area contributed by atoms with E-state index < -0.39 is 17.5 Å². The molecule has 1 aromatic rings. The summed E-state index contributed by atoms with van der Waals surface area (Å²) in [6, 6.07) is 4.17. The van der Waals surface area contributed by atoms with Gasteiger partial charge in [-0.25, -0.2) is 4.79 Å². The Morgan fingerprint density at radius 2 is 2.04 bits per heavy atom. The standard InChI is InChI=1S/C18H25N3O5/c1-3-6-13(2)19-17(22)12-26-18(23)15-11-14(21(24)25)7-8-16(15)20-9-4-5-10-20/h7-8,11,13H,3-6,9-10,12H2,1-2H3,(H,19,22)/t13-/m0/s1. The minimum atomic E-state index is -0.728. The van der Waals surface area contributed by atoms with E-state index in [1.807, 2.05) is 18.7 Å². The molecule has 0 unspecified atom stereocenters. The van der Waals surface area contributed by atoms with Crippen molar-refractivity contribution in [2.45, 2.75) is 45.6 Å². The van der Waals surface area contributed by atoms with Crippen molar-refractivity contribution in [3.05, 3.63) is 33.9 Å². The lowest BCUT2D eigenvalue weighted by Crippen LogP contribution is -2.35. The molecule has 1 saturated heterocycles. The van der Waals surface area contributed by atoms with Gasteiger partial charge in [-0.1, -0.05) is 13.3 Å². The van der Waals surface area contributed by atoms with E-state index in [0.717, 1.165) is 38.8 Å². The van der Waals surface area contributed by atoms with Crippen LogP contribution in [0.15, 0.2) is 18.2 Å². The van der Waals surface area contributed by atoms with Crippen molar-refractivity contribution < 1.29 is 19.2 Å². The summed E-state index contributed by atoms with van der Waals surface area (Å²) < 4.78 is 5.10. The number of ether oxygens (including phenoxy) is 1. The maximum atomic E-state index is 12.5. The zero-order valence-corrected chi connectivity index (χ0v) is 15.2. The number of nitro benzene ring substituents is 1. The summed E-state index contributed by atoms with van der Waals surface area (Å²) >= 11 is 0. The SMILES string of the molecule is CCC[C@H](C)NC(=O)COC(=O)c1cc([N+](=O)[O-])ccc1N1CCCC1. The predicted molar refractivity (Wildman–Crippen MR) is 97.3 cm³/mol. The fraction of sp³-hybridized carbons (Fsp3) is 0.556. The largest absolute Gasteiger partial charge is 0.452 e.